The van der Waals surface area contributed by atoms with Crippen LogP contribution in [0.25, 0.3) is 11.1 Å². The third-order valence-corrected chi connectivity index (χ3v) is 5.30. The fourth-order valence-corrected chi connectivity index (χ4v) is 3.82. The number of rotatable bonds is 8. The van der Waals surface area contributed by atoms with E-state index < -0.39 is 17.2 Å². The van der Waals surface area contributed by atoms with Crippen LogP contribution in [0.2, 0.25) is 0 Å². The van der Waals surface area contributed by atoms with E-state index in [0.29, 0.717) is 23.4 Å². The molecular formula is C24H22F3N5O. The minimum absolute atomic E-state index is 0.00611. The summed E-state index contributed by atoms with van der Waals surface area (Å²) in [6.45, 7) is 0.256. The Bertz CT molecular complexity index is 1220. The quantitative estimate of drug-likeness (QED) is 0.440. The standard InChI is InChI=1S/C24H22F3N5O/c1-31(12-19-8-6-17(11-29-19)20-4-2-3-5-22(20)26)13-24(33,14-32-16-28-15-30-32)21-9-7-18(25)10-23(21)27/h2-11,15-16,33H,12-14H2,1H3. The Hall–Kier alpha value is -3.56. The fraction of sp³-hybridized carbons (Fsp3) is 0.208. The lowest BCUT2D eigenvalue weighted by atomic mass is 9.92. The average molecular weight is 453 g/mol. The van der Waals surface area contributed by atoms with Crippen LogP contribution < -0.4 is 0 Å². The van der Waals surface area contributed by atoms with E-state index in [1.54, 1.807) is 48.5 Å². The lowest BCUT2D eigenvalue weighted by Crippen LogP contribution is -2.43. The maximum atomic E-state index is 14.6. The number of hydrogen-bond acceptors (Lipinski definition) is 5. The molecule has 170 valence electrons. The number of likely N-dealkylation sites (N-methyl/N-ethyl adjacent to an activating group) is 1. The van der Waals surface area contributed by atoms with Gasteiger partial charge >= 0.3 is 0 Å². The summed E-state index contributed by atoms with van der Waals surface area (Å²) in [7, 11) is 1.75. The smallest absolute Gasteiger partial charge is 0.137 e. The zero-order chi connectivity index (χ0) is 23.4. The van der Waals surface area contributed by atoms with Crippen molar-refractivity contribution in [3.05, 3.63) is 102 Å². The number of halogens is 3. The summed E-state index contributed by atoms with van der Waals surface area (Å²) < 4.78 is 43.4. The molecule has 33 heavy (non-hydrogen) atoms. The van der Waals surface area contributed by atoms with E-state index in [4.69, 9.17) is 0 Å². The number of benzene rings is 2. The van der Waals surface area contributed by atoms with Crippen LogP contribution in [0, 0.1) is 17.5 Å². The Morgan fingerprint density at radius 1 is 1.03 bits per heavy atom. The van der Waals surface area contributed by atoms with Gasteiger partial charge in [-0.05, 0) is 25.2 Å². The Kier molecular flexibility index (Phi) is 6.52. The van der Waals surface area contributed by atoms with Crippen molar-refractivity contribution < 1.29 is 18.3 Å². The van der Waals surface area contributed by atoms with Gasteiger partial charge in [-0.25, -0.2) is 22.8 Å². The molecule has 1 unspecified atom stereocenters. The van der Waals surface area contributed by atoms with E-state index in [1.165, 1.54) is 29.5 Å². The van der Waals surface area contributed by atoms with E-state index in [9.17, 15) is 18.3 Å². The molecule has 0 aliphatic carbocycles. The van der Waals surface area contributed by atoms with Gasteiger partial charge in [-0.1, -0.05) is 30.3 Å². The van der Waals surface area contributed by atoms with Crippen molar-refractivity contribution >= 4 is 0 Å². The van der Waals surface area contributed by atoms with E-state index >= 15 is 0 Å². The van der Waals surface area contributed by atoms with Crippen molar-refractivity contribution in [1.29, 1.82) is 0 Å². The zero-order valence-corrected chi connectivity index (χ0v) is 17.9. The molecule has 1 N–H and O–H groups in total. The molecule has 2 aromatic carbocycles. The van der Waals surface area contributed by atoms with Gasteiger partial charge in [0.2, 0.25) is 0 Å². The predicted octanol–water partition coefficient (Wildman–Crippen LogP) is 3.78. The van der Waals surface area contributed by atoms with Crippen molar-refractivity contribution in [2.45, 2.75) is 18.7 Å². The molecule has 4 rings (SSSR count). The summed E-state index contributed by atoms with van der Waals surface area (Å²) in [6, 6.07) is 13.1. The highest BCUT2D eigenvalue weighted by Crippen LogP contribution is 2.28. The van der Waals surface area contributed by atoms with Gasteiger partial charge < -0.3 is 5.11 Å². The van der Waals surface area contributed by atoms with Crippen molar-refractivity contribution in [2.75, 3.05) is 13.6 Å². The maximum Gasteiger partial charge on any atom is 0.137 e. The van der Waals surface area contributed by atoms with Crippen LogP contribution in [0.1, 0.15) is 11.3 Å². The number of pyridine rings is 1. The molecular weight excluding hydrogens is 431 g/mol. The average Bonchev–Trinajstić information content (AvgIpc) is 3.27. The normalized spacial score (nSPS) is 13.3. The summed E-state index contributed by atoms with van der Waals surface area (Å²) in [6.07, 6.45) is 4.31. The Balaban J connectivity index is 1.53. The molecule has 2 aromatic heterocycles. The first-order chi connectivity index (χ1) is 15.8. The topological polar surface area (TPSA) is 67.1 Å². The van der Waals surface area contributed by atoms with E-state index in [-0.39, 0.29) is 24.5 Å². The second kappa shape index (κ2) is 9.51. The van der Waals surface area contributed by atoms with Gasteiger partial charge in [0.1, 0.15) is 35.7 Å². The predicted molar refractivity (Wildman–Crippen MR) is 116 cm³/mol. The fourth-order valence-electron chi connectivity index (χ4n) is 3.82. The van der Waals surface area contributed by atoms with E-state index in [0.717, 1.165) is 12.1 Å². The molecule has 0 fully saturated rings. The maximum absolute atomic E-state index is 14.6. The van der Waals surface area contributed by atoms with Gasteiger partial charge in [-0.2, -0.15) is 5.10 Å². The summed E-state index contributed by atoms with van der Waals surface area (Å²) >= 11 is 0. The van der Waals surface area contributed by atoms with E-state index in [1.807, 2.05) is 0 Å². The van der Waals surface area contributed by atoms with Crippen molar-refractivity contribution in [3.63, 3.8) is 0 Å². The minimum atomic E-state index is -1.71. The summed E-state index contributed by atoms with van der Waals surface area (Å²) in [5, 5.41) is 15.4. The molecule has 0 spiro atoms. The largest absolute Gasteiger partial charge is 0.382 e. The number of nitrogens with zero attached hydrogens (tertiary/aromatic N) is 5. The van der Waals surface area contributed by atoms with Crippen LogP contribution in [0.15, 0.2) is 73.4 Å². The molecule has 0 saturated heterocycles. The first kappa shape index (κ1) is 22.6. The number of aliphatic hydroxyl groups is 1. The van der Waals surface area contributed by atoms with Gasteiger partial charge in [0.05, 0.1) is 12.2 Å². The number of hydrogen-bond donors (Lipinski definition) is 1. The summed E-state index contributed by atoms with van der Waals surface area (Å²) in [5.74, 6) is -1.91. The highest BCUT2D eigenvalue weighted by molar-refractivity contribution is 5.62. The molecule has 0 aliphatic rings. The van der Waals surface area contributed by atoms with Crippen LogP contribution in [0.4, 0.5) is 13.2 Å². The molecule has 0 aliphatic heterocycles. The molecule has 6 nitrogen and oxygen atoms in total. The molecule has 4 aromatic rings. The summed E-state index contributed by atoms with van der Waals surface area (Å²) in [4.78, 5) is 10.0. The minimum Gasteiger partial charge on any atom is -0.382 e. The Morgan fingerprint density at radius 2 is 1.85 bits per heavy atom. The van der Waals surface area contributed by atoms with Crippen molar-refractivity contribution in [2.24, 2.45) is 0 Å². The SMILES string of the molecule is CN(Cc1ccc(-c2ccccc2F)cn1)CC(O)(Cn1cncn1)c1ccc(F)cc1F. The molecule has 0 radical (unpaired) electrons. The molecule has 2 heterocycles. The molecule has 0 bridgehead atoms. The van der Waals surface area contributed by atoms with Gasteiger partial charge in [-0.15, -0.1) is 0 Å². The van der Waals surface area contributed by atoms with Crippen LogP contribution in [-0.2, 0) is 18.7 Å². The Morgan fingerprint density at radius 3 is 2.52 bits per heavy atom. The molecule has 0 amide bonds. The van der Waals surface area contributed by atoms with Gasteiger partial charge in [0.25, 0.3) is 0 Å². The van der Waals surface area contributed by atoms with Gasteiger partial charge in [-0.3, -0.25) is 9.88 Å². The Labute approximate surface area is 189 Å². The second-order valence-electron chi connectivity index (χ2n) is 7.94. The second-order valence-corrected chi connectivity index (χ2v) is 7.94. The lowest BCUT2D eigenvalue weighted by molar-refractivity contribution is -0.0177. The molecule has 0 saturated carbocycles. The van der Waals surface area contributed by atoms with Crippen LogP contribution in [0.3, 0.4) is 0 Å². The van der Waals surface area contributed by atoms with Crippen molar-refractivity contribution in [3.8, 4) is 11.1 Å². The molecule has 1 atom stereocenters. The summed E-state index contributed by atoms with van der Waals surface area (Å²) in [5.41, 5.74) is 0.0247. The lowest BCUT2D eigenvalue weighted by Gasteiger charge is -2.33. The van der Waals surface area contributed by atoms with Crippen LogP contribution in [-0.4, -0.2) is 43.3 Å². The first-order valence-electron chi connectivity index (χ1n) is 10.2. The third kappa shape index (κ3) is 5.27. The van der Waals surface area contributed by atoms with Crippen LogP contribution >= 0.6 is 0 Å². The van der Waals surface area contributed by atoms with Gasteiger partial charge in [0, 0.05) is 42.0 Å². The highest BCUT2D eigenvalue weighted by atomic mass is 19.1. The van der Waals surface area contributed by atoms with Crippen molar-refractivity contribution in [1.82, 2.24) is 24.6 Å². The zero-order valence-electron chi connectivity index (χ0n) is 17.9. The van der Waals surface area contributed by atoms with Crippen LogP contribution in [0.5, 0.6) is 0 Å². The highest BCUT2D eigenvalue weighted by Gasteiger charge is 2.35. The monoisotopic (exact) mass is 453 g/mol. The number of aromatic nitrogens is 4. The van der Waals surface area contributed by atoms with E-state index in [2.05, 4.69) is 15.1 Å². The first-order valence-corrected chi connectivity index (χ1v) is 10.2. The third-order valence-electron chi connectivity index (χ3n) is 5.30. The molecule has 9 heteroatoms. The van der Waals surface area contributed by atoms with Gasteiger partial charge in [0.15, 0.2) is 0 Å².